The predicted molar refractivity (Wildman–Crippen MR) is 81.4 cm³/mol. The third-order valence-corrected chi connectivity index (χ3v) is 3.62. The van der Waals surface area contributed by atoms with Gasteiger partial charge in [-0.3, -0.25) is 0 Å². The molecule has 0 N–H and O–H groups in total. The van der Waals surface area contributed by atoms with Gasteiger partial charge in [0.25, 0.3) is 0 Å². The lowest BCUT2D eigenvalue weighted by Crippen LogP contribution is -2.25. The van der Waals surface area contributed by atoms with E-state index in [-0.39, 0.29) is 0 Å². The standard InChI is InChI=1S/C18H19N/c1-3-9-16(10-4-1)15-19-14-8-2-5-11-17-12-6-7-13-18(17)19/h1-7,9-10,12-13H,8,11,14-15H2/b5-2-. The summed E-state index contributed by atoms with van der Waals surface area (Å²) >= 11 is 0. The molecule has 0 radical (unpaired) electrons. The highest BCUT2D eigenvalue weighted by Gasteiger charge is 2.11. The lowest BCUT2D eigenvalue weighted by molar-refractivity contribution is 0.782. The van der Waals surface area contributed by atoms with E-state index in [0.29, 0.717) is 0 Å². The fourth-order valence-corrected chi connectivity index (χ4v) is 2.64. The Morgan fingerprint density at radius 2 is 1.63 bits per heavy atom. The van der Waals surface area contributed by atoms with Crippen molar-refractivity contribution in [2.45, 2.75) is 19.4 Å². The first kappa shape index (κ1) is 12.0. The third kappa shape index (κ3) is 2.87. The number of benzene rings is 2. The zero-order chi connectivity index (χ0) is 12.9. The molecule has 0 saturated heterocycles. The molecule has 19 heavy (non-hydrogen) atoms. The summed E-state index contributed by atoms with van der Waals surface area (Å²) in [5, 5.41) is 0. The summed E-state index contributed by atoms with van der Waals surface area (Å²) in [6, 6.07) is 19.5. The van der Waals surface area contributed by atoms with Crippen molar-refractivity contribution < 1.29 is 0 Å². The molecule has 1 heteroatoms. The van der Waals surface area contributed by atoms with E-state index in [0.717, 1.165) is 25.9 Å². The molecule has 0 fully saturated rings. The molecule has 1 aliphatic rings. The van der Waals surface area contributed by atoms with Crippen LogP contribution in [0.3, 0.4) is 0 Å². The molecule has 0 unspecified atom stereocenters. The van der Waals surface area contributed by atoms with Crippen LogP contribution < -0.4 is 4.90 Å². The number of para-hydroxylation sites is 1. The smallest absolute Gasteiger partial charge is 0.0429 e. The van der Waals surface area contributed by atoms with E-state index in [1.165, 1.54) is 16.8 Å². The van der Waals surface area contributed by atoms with Crippen LogP contribution in [0.1, 0.15) is 17.5 Å². The Labute approximate surface area is 115 Å². The average Bonchev–Trinajstić information content (AvgIpc) is 2.45. The van der Waals surface area contributed by atoms with Crippen molar-refractivity contribution in [3.05, 3.63) is 77.9 Å². The Hall–Kier alpha value is -2.02. The molecule has 0 amide bonds. The fraction of sp³-hybridized carbons (Fsp3) is 0.222. The summed E-state index contributed by atoms with van der Waals surface area (Å²) in [5.74, 6) is 0. The topological polar surface area (TPSA) is 3.24 Å². The molecular weight excluding hydrogens is 230 g/mol. The van der Waals surface area contributed by atoms with E-state index >= 15 is 0 Å². The second kappa shape index (κ2) is 5.75. The van der Waals surface area contributed by atoms with Gasteiger partial charge in [-0.1, -0.05) is 60.7 Å². The fourth-order valence-electron chi connectivity index (χ4n) is 2.64. The summed E-state index contributed by atoms with van der Waals surface area (Å²) in [6.07, 6.45) is 6.76. The number of nitrogens with zero attached hydrogens (tertiary/aromatic N) is 1. The Balaban J connectivity index is 1.90. The van der Waals surface area contributed by atoms with Crippen LogP contribution in [-0.2, 0) is 13.0 Å². The van der Waals surface area contributed by atoms with Crippen LogP contribution in [-0.4, -0.2) is 6.54 Å². The molecule has 2 aromatic carbocycles. The number of rotatable bonds is 2. The molecule has 1 nitrogen and oxygen atoms in total. The van der Waals surface area contributed by atoms with E-state index in [1.807, 2.05) is 0 Å². The van der Waals surface area contributed by atoms with Gasteiger partial charge in [0.15, 0.2) is 0 Å². The highest BCUT2D eigenvalue weighted by molar-refractivity contribution is 5.55. The molecule has 0 aliphatic carbocycles. The zero-order valence-corrected chi connectivity index (χ0v) is 11.1. The summed E-state index contributed by atoms with van der Waals surface area (Å²) in [5.41, 5.74) is 4.19. The predicted octanol–water partition coefficient (Wildman–Crippen LogP) is 4.20. The van der Waals surface area contributed by atoms with Gasteiger partial charge in [0.05, 0.1) is 0 Å². The minimum atomic E-state index is 0.992. The van der Waals surface area contributed by atoms with Gasteiger partial charge in [0, 0.05) is 18.8 Å². The molecule has 3 rings (SSSR count). The molecule has 1 aliphatic heterocycles. The van der Waals surface area contributed by atoms with Crippen molar-refractivity contribution in [1.29, 1.82) is 0 Å². The van der Waals surface area contributed by atoms with E-state index in [1.54, 1.807) is 0 Å². The van der Waals surface area contributed by atoms with Crippen LogP contribution in [0.15, 0.2) is 66.7 Å². The molecule has 0 saturated carbocycles. The van der Waals surface area contributed by atoms with Crippen LogP contribution in [0.4, 0.5) is 5.69 Å². The lowest BCUT2D eigenvalue weighted by atomic mass is 10.0. The largest absolute Gasteiger partial charge is 0.367 e. The Bertz CT molecular complexity index is 557. The van der Waals surface area contributed by atoms with Gasteiger partial charge in [0.1, 0.15) is 0 Å². The van der Waals surface area contributed by atoms with E-state index < -0.39 is 0 Å². The van der Waals surface area contributed by atoms with Gasteiger partial charge < -0.3 is 4.90 Å². The van der Waals surface area contributed by atoms with Crippen molar-refractivity contribution in [3.8, 4) is 0 Å². The van der Waals surface area contributed by atoms with E-state index in [4.69, 9.17) is 0 Å². The zero-order valence-electron chi connectivity index (χ0n) is 11.1. The third-order valence-electron chi connectivity index (χ3n) is 3.62. The normalized spacial score (nSPS) is 16.3. The van der Waals surface area contributed by atoms with Crippen LogP contribution in [0.25, 0.3) is 0 Å². The molecule has 1 heterocycles. The number of hydrogen-bond donors (Lipinski definition) is 0. The van der Waals surface area contributed by atoms with E-state index in [2.05, 4.69) is 71.6 Å². The quantitative estimate of drug-likeness (QED) is 0.721. The van der Waals surface area contributed by atoms with Crippen molar-refractivity contribution in [2.24, 2.45) is 0 Å². The first-order valence-corrected chi connectivity index (χ1v) is 6.95. The lowest BCUT2D eigenvalue weighted by Gasteiger charge is -2.28. The molecular formula is C18H19N. The van der Waals surface area contributed by atoms with Crippen LogP contribution >= 0.6 is 0 Å². The summed E-state index contributed by atoms with van der Waals surface area (Å²) in [7, 11) is 0. The molecule has 0 spiro atoms. The van der Waals surface area contributed by atoms with Gasteiger partial charge >= 0.3 is 0 Å². The second-order valence-corrected chi connectivity index (χ2v) is 5.00. The Morgan fingerprint density at radius 1 is 0.842 bits per heavy atom. The molecule has 96 valence electrons. The van der Waals surface area contributed by atoms with Gasteiger partial charge in [-0.05, 0) is 30.0 Å². The van der Waals surface area contributed by atoms with Crippen molar-refractivity contribution >= 4 is 5.69 Å². The van der Waals surface area contributed by atoms with E-state index in [9.17, 15) is 0 Å². The number of hydrogen-bond acceptors (Lipinski definition) is 1. The maximum atomic E-state index is 2.49. The van der Waals surface area contributed by atoms with Crippen LogP contribution in [0, 0.1) is 0 Å². The van der Waals surface area contributed by atoms with Crippen LogP contribution in [0.2, 0.25) is 0 Å². The highest BCUT2D eigenvalue weighted by Crippen LogP contribution is 2.25. The maximum Gasteiger partial charge on any atom is 0.0429 e. The van der Waals surface area contributed by atoms with Crippen molar-refractivity contribution in [3.63, 3.8) is 0 Å². The van der Waals surface area contributed by atoms with Crippen LogP contribution in [0.5, 0.6) is 0 Å². The SMILES string of the molecule is C1=C\Cc2ccccc2N(Cc2ccccc2)CC/1. The number of allylic oxidation sites excluding steroid dienone is 1. The Kier molecular flexibility index (Phi) is 3.64. The van der Waals surface area contributed by atoms with Crippen molar-refractivity contribution in [2.75, 3.05) is 11.4 Å². The summed E-state index contributed by atoms with van der Waals surface area (Å²) in [4.78, 5) is 2.49. The highest BCUT2D eigenvalue weighted by atomic mass is 15.1. The van der Waals surface area contributed by atoms with Gasteiger partial charge in [-0.15, -0.1) is 0 Å². The molecule has 0 atom stereocenters. The molecule has 2 aromatic rings. The monoisotopic (exact) mass is 249 g/mol. The Morgan fingerprint density at radius 3 is 2.53 bits per heavy atom. The van der Waals surface area contributed by atoms with Gasteiger partial charge in [0.2, 0.25) is 0 Å². The first-order valence-electron chi connectivity index (χ1n) is 6.95. The van der Waals surface area contributed by atoms with Gasteiger partial charge in [-0.25, -0.2) is 0 Å². The first-order chi connectivity index (χ1) is 9.43. The molecule has 0 aromatic heterocycles. The maximum absolute atomic E-state index is 2.49. The average molecular weight is 249 g/mol. The molecule has 0 bridgehead atoms. The minimum Gasteiger partial charge on any atom is -0.367 e. The van der Waals surface area contributed by atoms with Crippen molar-refractivity contribution in [1.82, 2.24) is 0 Å². The minimum absolute atomic E-state index is 0.992. The van der Waals surface area contributed by atoms with Gasteiger partial charge in [-0.2, -0.15) is 0 Å². The second-order valence-electron chi connectivity index (χ2n) is 5.00. The number of anilines is 1. The number of fused-ring (bicyclic) bond motifs is 1. The summed E-state index contributed by atoms with van der Waals surface area (Å²) in [6.45, 7) is 2.08. The summed E-state index contributed by atoms with van der Waals surface area (Å²) < 4.78 is 0.